The van der Waals surface area contributed by atoms with Crippen LogP contribution in [0.15, 0.2) is 0 Å². The molecule has 1 rings (SSSR count). The Morgan fingerprint density at radius 3 is 2.21 bits per heavy atom. The van der Waals surface area contributed by atoms with Crippen molar-refractivity contribution in [2.45, 2.75) is 18.9 Å². The summed E-state index contributed by atoms with van der Waals surface area (Å²) in [5.41, 5.74) is 0. The molecular weight excluding hydrogens is 186 g/mol. The number of ether oxygens (including phenoxy) is 2. The number of carbonyl (C=O) groups is 2. The molecule has 0 radical (unpaired) electrons. The van der Waals surface area contributed by atoms with Gasteiger partial charge in [-0.05, 0) is 12.8 Å². The van der Waals surface area contributed by atoms with Crippen LogP contribution in [0.25, 0.3) is 0 Å². The van der Waals surface area contributed by atoms with Crippen LogP contribution in [0.3, 0.4) is 0 Å². The maximum atomic E-state index is 11.1. The molecule has 0 aromatic heterocycles. The maximum absolute atomic E-state index is 11.1. The summed E-state index contributed by atoms with van der Waals surface area (Å²) in [5, 5.41) is 2.96. The monoisotopic (exact) mass is 201 g/mol. The zero-order valence-electron chi connectivity index (χ0n) is 8.41. The summed E-state index contributed by atoms with van der Waals surface area (Å²) < 4.78 is 9.21. The van der Waals surface area contributed by atoms with Gasteiger partial charge in [0.05, 0.1) is 20.1 Å². The fraction of sp³-hybridized carbons (Fsp3) is 0.778. The number of carbonyl (C=O) groups excluding carboxylic acids is 2. The van der Waals surface area contributed by atoms with E-state index in [0.29, 0.717) is 19.4 Å². The van der Waals surface area contributed by atoms with Gasteiger partial charge in [-0.25, -0.2) is 0 Å². The van der Waals surface area contributed by atoms with Crippen LogP contribution in [0.4, 0.5) is 0 Å². The second-order valence-electron chi connectivity index (χ2n) is 3.28. The lowest BCUT2D eigenvalue weighted by Crippen LogP contribution is -2.46. The normalized spacial score (nSPS) is 26.7. The highest BCUT2D eigenvalue weighted by molar-refractivity contribution is 5.77. The zero-order chi connectivity index (χ0) is 10.6. The predicted octanol–water partition coefficient (Wildman–Crippen LogP) is -0.299. The third-order valence-electron chi connectivity index (χ3n) is 2.43. The second-order valence-corrected chi connectivity index (χ2v) is 3.28. The van der Waals surface area contributed by atoms with E-state index >= 15 is 0 Å². The Morgan fingerprint density at radius 1 is 1.14 bits per heavy atom. The molecule has 0 saturated carbocycles. The molecule has 1 fully saturated rings. The molecule has 1 N–H and O–H groups in total. The van der Waals surface area contributed by atoms with Gasteiger partial charge >= 0.3 is 11.9 Å². The highest BCUT2D eigenvalue weighted by Crippen LogP contribution is 2.16. The lowest BCUT2D eigenvalue weighted by Gasteiger charge is -2.26. The SMILES string of the molecule is COC(=O)[C@H]1CC[C@@H](C(=O)OC)NC1. The third-order valence-corrected chi connectivity index (χ3v) is 2.43. The van der Waals surface area contributed by atoms with Gasteiger partial charge in [-0.1, -0.05) is 0 Å². The van der Waals surface area contributed by atoms with Crippen LogP contribution in [0.2, 0.25) is 0 Å². The first kappa shape index (κ1) is 11.0. The minimum atomic E-state index is -0.277. The lowest BCUT2D eigenvalue weighted by molar-refractivity contribution is -0.149. The Bertz CT molecular complexity index is 197. The van der Waals surface area contributed by atoms with Crippen LogP contribution in [0, 0.1) is 5.92 Å². The molecule has 2 atom stereocenters. The molecule has 0 aliphatic carbocycles. The van der Waals surface area contributed by atoms with Crippen molar-refractivity contribution < 1.29 is 19.1 Å². The van der Waals surface area contributed by atoms with E-state index in [-0.39, 0.29) is 23.9 Å². The van der Waals surface area contributed by atoms with Crippen LogP contribution in [-0.2, 0) is 19.1 Å². The van der Waals surface area contributed by atoms with Gasteiger partial charge in [0, 0.05) is 6.54 Å². The minimum absolute atomic E-state index is 0.138. The summed E-state index contributed by atoms with van der Waals surface area (Å²) in [6.45, 7) is 0.479. The topological polar surface area (TPSA) is 64.6 Å². The van der Waals surface area contributed by atoms with Crippen LogP contribution in [0.1, 0.15) is 12.8 Å². The molecule has 0 amide bonds. The van der Waals surface area contributed by atoms with Gasteiger partial charge in [-0.3, -0.25) is 9.59 Å². The molecule has 80 valence electrons. The maximum Gasteiger partial charge on any atom is 0.322 e. The Morgan fingerprint density at radius 2 is 1.79 bits per heavy atom. The summed E-state index contributed by atoms with van der Waals surface area (Å²) in [5.74, 6) is -0.630. The summed E-state index contributed by atoms with van der Waals surface area (Å²) in [4.78, 5) is 22.2. The Labute approximate surface area is 82.8 Å². The number of esters is 2. The van der Waals surface area contributed by atoms with E-state index in [1.54, 1.807) is 0 Å². The average Bonchev–Trinajstić information content (AvgIpc) is 2.27. The summed E-state index contributed by atoms with van der Waals surface area (Å²) in [6.07, 6.45) is 1.28. The summed E-state index contributed by atoms with van der Waals surface area (Å²) >= 11 is 0. The number of rotatable bonds is 2. The molecule has 1 heterocycles. The Balaban J connectivity index is 2.38. The molecule has 1 aliphatic heterocycles. The Kier molecular flexibility index (Phi) is 3.88. The standard InChI is InChI=1S/C9H15NO4/c1-13-8(11)6-3-4-7(10-5-6)9(12)14-2/h6-7,10H,3-5H2,1-2H3/t6-,7-/m0/s1. The third kappa shape index (κ3) is 2.45. The van der Waals surface area contributed by atoms with Crippen molar-refractivity contribution in [1.29, 1.82) is 0 Å². The highest BCUT2D eigenvalue weighted by Gasteiger charge is 2.30. The van der Waals surface area contributed by atoms with Crippen LogP contribution in [-0.4, -0.2) is 38.7 Å². The lowest BCUT2D eigenvalue weighted by atomic mass is 9.95. The fourth-order valence-electron chi connectivity index (χ4n) is 1.57. The van der Waals surface area contributed by atoms with Crippen molar-refractivity contribution in [2.24, 2.45) is 5.92 Å². The molecule has 0 spiro atoms. The molecule has 0 aromatic carbocycles. The zero-order valence-corrected chi connectivity index (χ0v) is 8.41. The molecule has 1 saturated heterocycles. The van der Waals surface area contributed by atoms with E-state index in [1.807, 2.05) is 0 Å². The van der Waals surface area contributed by atoms with Gasteiger partial charge in [0.25, 0.3) is 0 Å². The van der Waals surface area contributed by atoms with E-state index in [9.17, 15) is 9.59 Å². The molecular formula is C9H15NO4. The molecule has 0 aromatic rings. The average molecular weight is 201 g/mol. The molecule has 0 unspecified atom stereocenters. The van der Waals surface area contributed by atoms with E-state index in [4.69, 9.17) is 0 Å². The van der Waals surface area contributed by atoms with Gasteiger partial charge in [-0.2, -0.15) is 0 Å². The van der Waals surface area contributed by atoms with Gasteiger partial charge in [-0.15, -0.1) is 0 Å². The second kappa shape index (κ2) is 4.95. The molecule has 1 aliphatic rings. The van der Waals surface area contributed by atoms with E-state index in [1.165, 1.54) is 14.2 Å². The number of methoxy groups -OCH3 is 2. The number of hydrogen-bond donors (Lipinski definition) is 1. The summed E-state index contributed by atoms with van der Waals surface area (Å²) in [7, 11) is 2.73. The quantitative estimate of drug-likeness (QED) is 0.621. The summed E-state index contributed by atoms with van der Waals surface area (Å²) in [6, 6.07) is -0.277. The van der Waals surface area contributed by atoms with E-state index < -0.39 is 0 Å². The Hall–Kier alpha value is -1.10. The number of nitrogens with one attached hydrogen (secondary N) is 1. The van der Waals surface area contributed by atoms with Crippen molar-refractivity contribution in [3.8, 4) is 0 Å². The van der Waals surface area contributed by atoms with E-state index in [0.717, 1.165) is 0 Å². The first-order valence-corrected chi connectivity index (χ1v) is 4.58. The van der Waals surface area contributed by atoms with Crippen LogP contribution >= 0.6 is 0 Å². The van der Waals surface area contributed by atoms with Gasteiger partial charge in [0.15, 0.2) is 0 Å². The van der Waals surface area contributed by atoms with Gasteiger partial charge in [0.2, 0.25) is 0 Å². The highest BCUT2D eigenvalue weighted by atomic mass is 16.5. The van der Waals surface area contributed by atoms with Crippen molar-refractivity contribution in [3.63, 3.8) is 0 Å². The molecule has 14 heavy (non-hydrogen) atoms. The van der Waals surface area contributed by atoms with Gasteiger partial charge < -0.3 is 14.8 Å². The molecule has 0 bridgehead atoms. The first-order chi connectivity index (χ1) is 6.69. The fourth-order valence-corrected chi connectivity index (χ4v) is 1.57. The molecule has 5 nitrogen and oxygen atoms in total. The van der Waals surface area contributed by atoms with Crippen LogP contribution < -0.4 is 5.32 Å². The predicted molar refractivity (Wildman–Crippen MR) is 48.5 cm³/mol. The minimum Gasteiger partial charge on any atom is -0.469 e. The van der Waals surface area contributed by atoms with Crippen molar-refractivity contribution >= 4 is 11.9 Å². The number of hydrogen-bond acceptors (Lipinski definition) is 5. The van der Waals surface area contributed by atoms with Crippen molar-refractivity contribution in [1.82, 2.24) is 5.32 Å². The first-order valence-electron chi connectivity index (χ1n) is 4.58. The smallest absolute Gasteiger partial charge is 0.322 e. The van der Waals surface area contributed by atoms with Crippen LogP contribution in [0.5, 0.6) is 0 Å². The largest absolute Gasteiger partial charge is 0.469 e. The van der Waals surface area contributed by atoms with Crippen molar-refractivity contribution in [2.75, 3.05) is 20.8 Å². The molecule has 5 heteroatoms. The van der Waals surface area contributed by atoms with E-state index in [2.05, 4.69) is 14.8 Å². The van der Waals surface area contributed by atoms with Crippen molar-refractivity contribution in [3.05, 3.63) is 0 Å². The van der Waals surface area contributed by atoms with Gasteiger partial charge in [0.1, 0.15) is 6.04 Å². The number of piperidine rings is 1.